The van der Waals surface area contributed by atoms with E-state index in [0.717, 1.165) is 26.4 Å². The maximum Gasteiger partial charge on any atom is 0.204 e. The monoisotopic (exact) mass is 634 g/mol. The molecule has 4 nitrogen and oxygen atoms in total. The maximum absolute atomic E-state index is 16.3. The third-order valence-electron chi connectivity index (χ3n) is 7.56. The van der Waals surface area contributed by atoms with Gasteiger partial charge in [0.15, 0.2) is 34.8 Å². The van der Waals surface area contributed by atoms with Gasteiger partial charge in [-0.1, -0.05) is 60.7 Å². The molecule has 6 rings (SSSR count). The molecule has 0 spiro atoms. The third-order valence-corrected chi connectivity index (χ3v) is 7.56. The van der Waals surface area contributed by atoms with Gasteiger partial charge in [-0.2, -0.15) is 8.78 Å². The largest absolute Gasteiger partial charge is 0.491 e. The first-order valence-corrected chi connectivity index (χ1v) is 13.9. The van der Waals surface area contributed by atoms with Gasteiger partial charge in [0.1, 0.15) is 24.7 Å². The van der Waals surface area contributed by atoms with Crippen molar-refractivity contribution in [3.8, 4) is 34.1 Å². The highest BCUT2D eigenvalue weighted by molar-refractivity contribution is 6.11. The lowest BCUT2D eigenvalue weighted by Crippen LogP contribution is -2.06. The van der Waals surface area contributed by atoms with Gasteiger partial charge in [-0.25, -0.2) is 17.6 Å². The van der Waals surface area contributed by atoms with Gasteiger partial charge in [0.05, 0.1) is 14.2 Å². The van der Waals surface area contributed by atoms with E-state index in [9.17, 15) is 8.78 Å². The molecule has 0 heterocycles. The Hall–Kier alpha value is -5.38. The molecule has 0 atom stereocenters. The van der Waals surface area contributed by atoms with E-state index in [1.165, 1.54) is 12.1 Å². The zero-order valence-electron chi connectivity index (χ0n) is 24.4. The van der Waals surface area contributed by atoms with Crippen molar-refractivity contribution in [1.29, 1.82) is 0 Å². The summed E-state index contributed by atoms with van der Waals surface area (Å²) < 4.78 is 115. The van der Waals surface area contributed by atoms with E-state index in [0.29, 0.717) is 11.1 Å². The zero-order chi connectivity index (χ0) is 32.5. The van der Waals surface area contributed by atoms with Crippen molar-refractivity contribution in [2.75, 3.05) is 14.2 Å². The van der Waals surface area contributed by atoms with Crippen LogP contribution in [0.2, 0.25) is 0 Å². The summed E-state index contributed by atoms with van der Waals surface area (Å²) in [5.41, 5.74) is 0.750. The number of rotatable bonds is 9. The van der Waals surface area contributed by atoms with Crippen molar-refractivity contribution in [2.45, 2.75) is 13.2 Å². The van der Waals surface area contributed by atoms with Crippen molar-refractivity contribution < 1.29 is 45.3 Å². The predicted octanol–water partition coefficient (Wildman–Crippen LogP) is 9.67. The summed E-state index contributed by atoms with van der Waals surface area (Å²) in [6.45, 7) is -0.164. The molecule has 0 fully saturated rings. The molecule has 6 aromatic carbocycles. The fourth-order valence-corrected chi connectivity index (χ4v) is 5.41. The lowest BCUT2D eigenvalue weighted by Gasteiger charge is -2.22. The van der Waals surface area contributed by atoms with Gasteiger partial charge in [0.25, 0.3) is 0 Å². The highest BCUT2D eigenvalue weighted by Crippen LogP contribution is 2.50. The van der Waals surface area contributed by atoms with Crippen LogP contribution in [-0.2, 0) is 13.2 Å². The summed E-state index contributed by atoms with van der Waals surface area (Å²) in [7, 11) is 1.91. The van der Waals surface area contributed by atoms with E-state index in [1.54, 1.807) is 60.7 Å². The molecular weight excluding hydrogens is 610 g/mol. The Morgan fingerprint density at radius 1 is 0.435 bits per heavy atom. The van der Waals surface area contributed by atoms with Crippen LogP contribution in [0.3, 0.4) is 0 Å². The molecule has 0 saturated carbocycles. The molecule has 0 N–H and O–H groups in total. The molecule has 0 bridgehead atoms. The van der Waals surface area contributed by atoms with Gasteiger partial charge < -0.3 is 18.9 Å². The molecule has 10 heteroatoms. The number of ether oxygens (including phenoxy) is 4. The van der Waals surface area contributed by atoms with Crippen LogP contribution >= 0.6 is 0 Å². The molecule has 0 amide bonds. The van der Waals surface area contributed by atoms with Crippen LogP contribution in [-0.4, -0.2) is 14.2 Å². The second-order valence-electron chi connectivity index (χ2n) is 10.2. The second kappa shape index (κ2) is 12.5. The average Bonchev–Trinajstić information content (AvgIpc) is 3.08. The molecule has 0 aromatic heterocycles. The van der Waals surface area contributed by atoms with Crippen molar-refractivity contribution in [3.63, 3.8) is 0 Å². The van der Waals surface area contributed by atoms with Crippen LogP contribution in [0.1, 0.15) is 11.1 Å². The van der Waals surface area contributed by atoms with Gasteiger partial charge >= 0.3 is 0 Å². The SMILES string of the molecule is COc1c(F)c(F)c2ccc(OCc3ccccc3)c(-c3c(OCc4ccccc4)ccc4c(F)c(F)c(OC)c(F)c34)c2c1F. The third kappa shape index (κ3) is 5.19. The molecule has 46 heavy (non-hydrogen) atoms. The first-order valence-electron chi connectivity index (χ1n) is 13.9. The van der Waals surface area contributed by atoms with Gasteiger partial charge in [-0.15, -0.1) is 0 Å². The van der Waals surface area contributed by atoms with Gasteiger partial charge in [0, 0.05) is 32.7 Å². The normalized spacial score (nSPS) is 11.2. The molecule has 0 radical (unpaired) electrons. The predicted molar refractivity (Wildman–Crippen MR) is 161 cm³/mol. The second-order valence-corrected chi connectivity index (χ2v) is 10.2. The minimum atomic E-state index is -1.59. The molecular formula is C36H24F6O4. The van der Waals surface area contributed by atoms with Crippen molar-refractivity contribution in [3.05, 3.63) is 131 Å². The van der Waals surface area contributed by atoms with Crippen LogP contribution in [0.4, 0.5) is 26.3 Å². The fourth-order valence-electron chi connectivity index (χ4n) is 5.41. The number of methoxy groups -OCH3 is 2. The summed E-state index contributed by atoms with van der Waals surface area (Å²) in [5, 5.41) is -2.22. The van der Waals surface area contributed by atoms with Crippen molar-refractivity contribution >= 4 is 21.5 Å². The summed E-state index contributed by atoms with van der Waals surface area (Å²) >= 11 is 0. The van der Waals surface area contributed by atoms with Gasteiger partial charge in [0.2, 0.25) is 11.6 Å². The number of fused-ring (bicyclic) bond motifs is 2. The Kier molecular flexibility index (Phi) is 8.36. The molecule has 234 valence electrons. The molecule has 0 unspecified atom stereocenters. The Morgan fingerprint density at radius 3 is 1.15 bits per heavy atom. The molecule has 0 aliphatic carbocycles. The Balaban J connectivity index is 1.75. The summed E-state index contributed by atoms with van der Waals surface area (Å²) in [5.74, 6) is -11.1. The summed E-state index contributed by atoms with van der Waals surface area (Å²) in [6.07, 6.45) is 0. The number of hydrogen-bond acceptors (Lipinski definition) is 4. The molecule has 0 saturated heterocycles. The number of halogens is 6. The minimum Gasteiger partial charge on any atom is -0.491 e. The number of benzene rings is 6. The van der Waals surface area contributed by atoms with Crippen LogP contribution in [0, 0.1) is 34.9 Å². The van der Waals surface area contributed by atoms with E-state index in [4.69, 9.17) is 18.9 Å². The highest BCUT2D eigenvalue weighted by atomic mass is 19.2. The minimum absolute atomic E-state index is 0.0818. The topological polar surface area (TPSA) is 36.9 Å². The fraction of sp³-hybridized carbons (Fsp3) is 0.111. The number of hydrogen-bond donors (Lipinski definition) is 0. The van der Waals surface area contributed by atoms with Crippen molar-refractivity contribution in [2.24, 2.45) is 0 Å². The van der Waals surface area contributed by atoms with Gasteiger partial charge in [-0.05, 0) is 35.4 Å². The van der Waals surface area contributed by atoms with E-state index < -0.39 is 67.9 Å². The van der Waals surface area contributed by atoms with E-state index in [2.05, 4.69) is 0 Å². The Morgan fingerprint density at radius 2 is 0.804 bits per heavy atom. The van der Waals surface area contributed by atoms with Crippen LogP contribution in [0.25, 0.3) is 32.7 Å². The average molecular weight is 635 g/mol. The first kappa shape index (κ1) is 30.6. The standard InChI is InChI=1S/C36H24F6O4/c1-43-35-31(39)25-21(29(37)33(35)41)13-15-23(45-17-19-9-5-3-6-10-19)27(25)28-24(46-18-20-11-7-4-8-12-20)16-14-22-26(28)32(40)36(44-2)34(42)30(22)38/h3-16H,17-18H2,1-2H3. The van der Waals surface area contributed by atoms with Gasteiger partial charge in [-0.3, -0.25) is 0 Å². The lowest BCUT2D eigenvalue weighted by atomic mass is 9.90. The highest BCUT2D eigenvalue weighted by Gasteiger charge is 2.31. The molecule has 0 aliphatic heterocycles. The smallest absolute Gasteiger partial charge is 0.204 e. The van der Waals surface area contributed by atoms with Crippen LogP contribution in [0.5, 0.6) is 23.0 Å². The van der Waals surface area contributed by atoms with E-state index in [-0.39, 0.29) is 35.8 Å². The molecule has 6 aromatic rings. The van der Waals surface area contributed by atoms with E-state index in [1.807, 2.05) is 0 Å². The first-order chi connectivity index (χ1) is 22.3. The maximum atomic E-state index is 16.3. The van der Waals surface area contributed by atoms with Crippen molar-refractivity contribution in [1.82, 2.24) is 0 Å². The quantitative estimate of drug-likeness (QED) is 0.117. The lowest BCUT2D eigenvalue weighted by molar-refractivity contribution is 0.303. The van der Waals surface area contributed by atoms with E-state index >= 15 is 17.6 Å². The zero-order valence-corrected chi connectivity index (χ0v) is 24.4. The molecule has 0 aliphatic rings. The summed E-state index contributed by atoms with van der Waals surface area (Å²) in [6, 6.07) is 22.4. The Bertz CT molecular complexity index is 1940. The Labute approximate surface area is 259 Å². The summed E-state index contributed by atoms with van der Waals surface area (Å²) in [4.78, 5) is 0. The van der Waals surface area contributed by atoms with Crippen LogP contribution in [0.15, 0.2) is 84.9 Å². The van der Waals surface area contributed by atoms with Crippen LogP contribution < -0.4 is 18.9 Å².